The molecule has 0 amide bonds. The lowest BCUT2D eigenvalue weighted by Gasteiger charge is -2.18. The van der Waals surface area contributed by atoms with E-state index in [0.717, 1.165) is 10.0 Å². The number of carbonyl (C=O) groups excluding carboxylic acids is 2. The molecule has 23 heavy (non-hydrogen) atoms. The summed E-state index contributed by atoms with van der Waals surface area (Å²) in [4.78, 5) is 24.6. The van der Waals surface area contributed by atoms with Gasteiger partial charge in [-0.25, -0.2) is 4.79 Å². The molecule has 0 saturated carbocycles. The summed E-state index contributed by atoms with van der Waals surface area (Å²) in [5, 5.41) is 4.02. The maximum Gasteiger partial charge on any atom is 0.354 e. The zero-order valence-electron chi connectivity index (χ0n) is 12.2. The molecule has 0 aliphatic carbocycles. The highest BCUT2D eigenvalue weighted by molar-refractivity contribution is 9.10. The van der Waals surface area contributed by atoms with E-state index in [2.05, 4.69) is 26.5 Å². The largest absolute Gasteiger partial charge is 0.464 e. The monoisotopic (exact) mass is 376 g/mol. The van der Waals surface area contributed by atoms with E-state index in [1.807, 2.05) is 24.3 Å². The molecule has 1 aliphatic rings. The van der Waals surface area contributed by atoms with Crippen LogP contribution in [0.3, 0.4) is 0 Å². The van der Waals surface area contributed by atoms with Crippen molar-refractivity contribution in [3.05, 3.63) is 58.5 Å². The van der Waals surface area contributed by atoms with E-state index < -0.39 is 17.9 Å². The molecular formula is C16H13BrN2O4. The van der Waals surface area contributed by atoms with Crippen LogP contribution in [-0.4, -0.2) is 30.6 Å². The van der Waals surface area contributed by atoms with Crippen LogP contribution in [0.15, 0.2) is 56.7 Å². The molecule has 2 atom stereocenters. The van der Waals surface area contributed by atoms with Crippen molar-refractivity contribution >= 4 is 33.4 Å². The number of ketones is 1. The second-order valence-corrected chi connectivity index (χ2v) is 5.89. The van der Waals surface area contributed by atoms with Gasteiger partial charge in [0, 0.05) is 4.47 Å². The molecule has 0 bridgehead atoms. The number of esters is 1. The Morgan fingerprint density at radius 3 is 2.78 bits per heavy atom. The Balaban J connectivity index is 2.00. The highest BCUT2D eigenvalue weighted by Crippen LogP contribution is 2.30. The molecule has 0 saturated heterocycles. The molecule has 7 heteroatoms. The summed E-state index contributed by atoms with van der Waals surface area (Å²) < 4.78 is 10.8. The minimum Gasteiger partial charge on any atom is -0.464 e. The first-order chi connectivity index (χ1) is 11.1. The van der Waals surface area contributed by atoms with Gasteiger partial charge in [-0.2, -0.15) is 5.10 Å². The zero-order chi connectivity index (χ0) is 16.4. The predicted molar refractivity (Wildman–Crippen MR) is 86.3 cm³/mol. The smallest absolute Gasteiger partial charge is 0.354 e. The summed E-state index contributed by atoms with van der Waals surface area (Å²) in [6, 6.07) is 9.87. The van der Waals surface area contributed by atoms with E-state index in [4.69, 9.17) is 9.15 Å². The average Bonchev–Trinajstić information content (AvgIpc) is 3.23. The van der Waals surface area contributed by atoms with Gasteiger partial charge in [0.1, 0.15) is 6.04 Å². The number of rotatable bonds is 4. The molecular weight excluding hydrogens is 364 g/mol. The van der Waals surface area contributed by atoms with Crippen LogP contribution in [0.5, 0.6) is 0 Å². The Bertz CT molecular complexity index is 770. The van der Waals surface area contributed by atoms with Crippen molar-refractivity contribution in [1.82, 2.24) is 5.43 Å². The summed E-state index contributed by atoms with van der Waals surface area (Å²) in [6.45, 7) is 0. The number of nitrogens with one attached hydrogen (secondary N) is 1. The maximum atomic E-state index is 12.6. The first kappa shape index (κ1) is 15.5. The fourth-order valence-corrected chi connectivity index (χ4v) is 2.97. The third-order valence-corrected chi connectivity index (χ3v) is 4.09. The Labute approximate surface area is 140 Å². The number of nitrogens with zero attached hydrogens (tertiary/aromatic N) is 1. The number of methoxy groups -OCH3 is 1. The molecule has 2 unspecified atom stereocenters. The van der Waals surface area contributed by atoms with Crippen LogP contribution in [-0.2, 0) is 9.53 Å². The van der Waals surface area contributed by atoms with Crippen LogP contribution in [0.2, 0.25) is 0 Å². The SMILES string of the molecule is COC(=O)C1=NNC(C(=O)c2ccco2)C1c1cccc(Br)c1. The third-order valence-electron chi connectivity index (χ3n) is 3.60. The van der Waals surface area contributed by atoms with Crippen molar-refractivity contribution in [3.63, 3.8) is 0 Å². The van der Waals surface area contributed by atoms with Crippen molar-refractivity contribution < 1.29 is 18.7 Å². The number of ether oxygens (including phenoxy) is 1. The molecule has 2 aromatic rings. The maximum absolute atomic E-state index is 12.6. The molecule has 1 N–H and O–H groups in total. The van der Waals surface area contributed by atoms with Crippen LogP contribution in [0.4, 0.5) is 0 Å². The fraction of sp³-hybridized carbons (Fsp3) is 0.188. The number of Topliss-reactive ketones (excluding diaryl/α,β-unsaturated/α-hetero) is 1. The van der Waals surface area contributed by atoms with Gasteiger partial charge in [0.2, 0.25) is 5.78 Å². The summed E-state index contributed by atoms with van der Waals surface area (Å²) in [5.74, 6) is -1.19. The van der Waals surface area contributed by atoms with Crippen molar-refractivity contribution in [2.75, 3.05) is 7.11 Å². The van der Waals surface area contributed by atoms with Crippen molar-refractivity contribution in [2.24, 2.45) is 5.10 Å². The second kappa shape index (κ2) is 6.37. The van der Waals surface area contributed by atoms with E-state index in [1.165, 1.54) is 13.4 Å². The average molecular weight is 377 g/mol. The van der Waals surface area contributed by atoms with Gasteiger partial charge in [-0.1, -0.05) is 28.1 Å². The lowest BCUT2D eigenvalue weighted by molar-refractivity contribution is -0.132. The van der Waals surface area contributed by atoms with Gasteiger partial charge in [-0.3, -0.25) is 10.2 Å². The lowest BCUT2D eigenvalue weighted by atomic mass is 9.86. The topological polar surface area (TPSA) is 80.9 Å². The van der Waals surface area contributed by atoms with Gasteiger partial charge in [0.15, 0.2) is 11.5 Å². The lowest BCUT2D eigenvalue weighted by Crippen LogP contribution is -2.37. The summed E-state index contributed by atoms with van der Waals surface area (Å²) in [6.07, 6.45) is 1.43. The van der Waals surface area contributed by atoms with E-state index in [9.17, 15) is 9.59 Å². The van der Waals surface area contributed by atoms with Crippen LogP contribution >= 0.6 is 15.9 Å². The number of hydrogen-bond donors (Lipinski definition) is 1. The number of hydrazone groups is 1. The minimum atomic E-state index is -0.732. The van der Waals surface area contributed by atoms with E-state index in [1.54, 1.807) is 12.1 Å². The molecule has 6 nitrogen and oxygen atoms in total. The number of carbonyl (C=O) groups is 2. The molecule has 0 spiro atoms. The Hall–Kier alpha value is -2.41. The highest BCUT2D eigenvalue weighted by Gasteiger charge is 2.42. The molecule has 1 aliphatic heterocycles. The van der Waals surface area contributed by atoms with Gasteiger partial charge in [0.05, 0.1) is 19.3 Å². The molecule has 2 heterocycles. The molecule has 3 rings (SSSR count). The number of benzene rings is 1. The van der Waals surface area contributed by atoms with Gasteiger partial charge in [-0.15, -0.1) is 0 Å². The summed E-state index contributed by atoms with van der Waals surface area (Å²) in [5.41, 5.74) is 3.68. The van der Waals surface area contributed by atoms with Gasteiger partial charge >= 0.3 is 5.97 Å². The normalized spacial score (nSPS) is 19.8. The van der Waals surface area contributed by atoms with Crippen LogP contribution in [0, 0.1) is 0 Å². The van der Waals surface area contributed by atoms with E-state index >= 15 is 0 Å². The number of furan rings is 1. The van der Waals surface area contributed by atoms with Gasteiger partial charge in [-0.05, 0) is 29.8 Å². The van der Waals surface area contributed by atoms with Crippen LogP contribution < -0.4 is 5.43 Å². The molecule has 0 radical (unpaired) electrons. The second-order valence-electron chi connectivity index (χ2n) is 4.97. The predicted octanol–water partition coefficient (Wildman–Crippen LogP) is 2.51. The third kappa shape index (κ3) is 2.92. The Morgan fingerprint density at radius 2 is 2.13 bits per heavy atom. The number of hydrogen-bond acceptors (Lipinski definition) is 6. The standard InChI is InChI=1S/C16H13BrN2O4/c1-22-16(21)14-12(9-4-2-5-10(17)8-9)13(18-19-14)15(20)11-6-3-7-23-11/h2-8,12-13,18H,1H3. The Kier molecular flexibility index (Phi) is 4.29. The van der Waals surface area contributed by atoms with E-state index in [0.29, 0.717) is 0 Å². The van der Waals surface area contributed by atoms with Gasteiger partial charge in [0.25, 0.3) is 0 Å². The van der Waals surface area contributed by atoms with Crippen LogP contribution in [0.25, 0.3) is 0 Å². The summed E-state index contributed by atoms with van der Waals surface area (Å²) in [7, 11) is 1.28. The highest BCUT2D eigenvalue weighted by atomic mass is 79.9. The Morgan fingerprint density at radius 1 is 1.30 bits per heavy atom. The van der Waals surface area contributed by atoms with Crippen molar-refractivity contribution in [3.8, 4) is 0 Å². The summed E-state index contributed by atoms with van der Waals surface area (Å²) >= 11 is 3.40. The molecule has 118 valence electrons. The quantitative estimate of drug-likeness (QED) is 0.654. The first-order valence-corrected chi connectivity index (χ1v) is 7.65. The number of halogens is 1. The molecule has 1 aromatic carbocycles. The fourth-order valence-electron chi connectivity index (χ4n) is 2.55. The first-order valence-electron chi connectivity index (χ1n) is 6.86. The molecule has 1 aromatic heterocycles. The van der Waals surface area contributed by atoms with Crippen molar-refractivity contribution in [1.29, 1.82) is 0 Å². The minimum absolute atomic E-state index is 0.163. The van der Waals surface area contributed by atoms with Crippen LogP contribution in [0.1, 0.15) is 22.0 Å². The van der Waals surface area contributed by atoms with Crippen molar-refractivity contribution in [2.45, 2.75) is 12.0 Å². The van der Waals surface area contributed by atoms with E-state index in [-0.39, 0.29) is 17.3 Å². The molecule has 0 fully saturated rings. The zero-order valence-corrected chi connectivity index (χ0v) is 13.7. The van der Waals surface area contributed by atoms with Gasteiger partial charge < -0.3 is 9.15 Å².